The van der Waals surface area contributed by atoms with Gasteiger partial charge in [0.1, 0.15) is 6.07 Å². The molecule has 7 heteroatoms. The van der Waals surface area contributed by atoms with E-state index in [2.05, 4.69) is 17.9 Å². The van der Waals surface area contributed by atoms with Crippen molar-refractivity contribution in [2.45, 2.75) is 13.8 Å². The summed E-state index contributed by atoms with van der Waals surface area (Å²) in [5, 5.41) is 12.2. The summed E-state index contributed by atoms with van der Waals surface area (Å²) >= 11 is 4.21. The van der Waals surface area contributed by atoms with E-state index in [0.717, 1.165) is 5.69 Å². The van der Waals surface area contributed by atoms with Crippen LogP contribution in [0.3, 0.4) is 0 Å². The molecule has 0 bridgehead atoms. The molecule has 0 saturated heterocycles. The second-order valence-corrected chi connectivity index (χ2v) is 6.04. The van der Waals surface area contributed by atoms with Gasteiger partial charge in [-0.15, -0.1) is 12.6 Å². The molecule has 0 saturated carbocycles. The molecule has 0 aliphatic carbocycles. The summed E-state index contributed by atoms with van der Waals surface area (Å²) in [6.45, 7) is 3.72. The zero-order valence-electron chi connectivity index (χ0n) is 11.4. The van der Waals surface area contributed by atoms with Crippen LogP contribution >= 0.6 is 20.2 Å². The molecule has 1 rings (SSSR count). The SMILES string of the molecule is CCOP(=O)(OCC)/C(C#N)=C(/S)Nc1ccccc1. The summed E-state index contributed by atoms with van der Waals surface area (Å²) in [5.74, 6) is 0. The molecule has 5 nitrogen and oxygen atoms in total. The molecular formula is C13H17N2O3PS. The Hall–Kier alpha value is -1.25. The molecule has 0 atom stereocenters. The summed E-state index contributed by atoms with van der Waals surface area (Å²) in [6.07, 6.45) is 0. The van der Waals surface area contributed by atoms with E-state index in [4.69, 9.17) is 9.05 Å². The van der Waals surface area contributed by atoms with Crippen molar-refractivity contribution in [3.05, 3.63) is 40.7 Å². The van der Waals surface area contributed by atoms with Crippen molar-refractivity contribution in [2.24, 2.45) is 0 Å². The molecule has 20 heavy (non-hydrogen) atoms. The van der Waals surface area contributed by atoms with Crippen LogP contribution in [0.4, 0.5) is 5.69 Å². The van der Waals surface area contributed by atoms with Gasteiger partial charge in [-0.05, 0) is 26.0 Å². The van der Waals surface area contributed by atoms with Gasteiger partial charge in [0.25, 0.3) is 0 Å². The predicted octanol–water partition coefficient (Wildman–Crippen LogP) is 3.99. The second kappa shape index (κ2) is 8.13. The van der Waals surface area contributed by atoms with E-state index >= 15 is 0 Å². The normalized spacial score (nSPS) is 12.5. The third-order valence-corrected chi connectivity index (χ3v) is 4.82. The fourth-order valence-electron chi connectivity index (χ4n) is 1.47. The Balaban J connectivity index is 3.11. The number of benzene rings is 1. The first-order valence-corrected chi connectivity index (χ1v) is 8.11. The number of para-hydroxylation sites is 1. The van der Waals surface area contributed by atoms with Gasteiger partial charge in [0.2, 0.25) is 0 Å². The van der Waals surface area contributed by atoms with E-state index in [-0.39, 0.29) is 23.6 Å². The van der Waals surface area contributed by atoms with E-state index in [1.165, 1.54) is 0 Å². The number of rotatable bonds is 7. The van der Waals surface area contributed by atoms with Gasteiger partial charge in [-0.25, -0.2) is 0 Å². The van der Waals surface area contributed by atoms with Crippen molar-refractivity contribution in [2.75, 3.05) is 18.5 Å². The third kappa shape index (κ3) is 4.39. The minimum Gasteiger partial charge on any atom is -0.349 e. The maximum atomic E-state index is 12.6. The number of nitrogens with zero attached hydrogens (tertiary/aromatic N) is 1. The van der Waals surface area contributed by atoms with E-state index in [0.29, 0.717) is 0 Å². The van der Waals surface area contributed by atoms with Crippen LogP contribution < -0.4 is 5.32 Å². The monoisotopic (exact) mass is 312 g/mol. The predicted molar refractivity (Wildman–Crippen MR) is 82.5 cm³/mol. The first-order chi connectivity index (χ1) is 9.57. The van der Waals surface area contributed by atoms with Crippen LogP contribution in [0, 0.1) is 11.3 Å². The van der Waals surface area contributed by atoms with E-state index in [9.17, 15) is 9.83 Å². The summed E-state index contributed by atoms with van der Waals surface area (Å²) in [5.41, 5.74) is 0.727. The molecule has 0 aliphatic heterocycles. The number of nitriles is 1. The first kappa shape index (κ1) is 16.8. The van der Waals surface area contributed by atoms with Crippen LogP contribution in [0.15, 0.2) is 40.7 Å². The molecule has 0 aliphatic rings. The minimum atomic E-state index is -3.64. The molecule has 1 aromatic carbocycles. The fourth-order valence-corrected chi connectivity index (χ4v) is 3.46. The van der Waals surface area contributed by atoms with Gasteiger partial charge in [-0.2, -0.15) is 5.26 Å². The van der Waals surface area contributed by atoms with Crippen molar-refractivity contribution in [3.8, 4) is 6.07 Å². The van der Waals surface area contributed by atoms with E-state index in [1.54, 1.807) is 26.0 Å². The van der Waals surface area contributed by atoms with Crippen LogP contribution in [0.5, 0.6) is 0 Å². The molecule has 0 unspecified atom stereocenters. The number of hydrogen-bond acceptors (Lipinski definition) is 6. The van der Waals surface area contributed by atoms with Crippen molar-refractivity contribution >= 4 is 25.9 Å². The first-order valence-electron chi connectivity index (χ1n) is 6.12. The highest BCUT2D eigenvalue weighted by Gasteiger charge is 2.32. The zero-order valence-corrected chi connectivity index (χ0v) is 13.2. The van der Waals surface area contributed by atoms with Crippen molar-refractivity contribution in [3.63, 3.8) is 0 Å². The molecule has 108 valence electrons. The van der Waals surface area contributed by atoms with Crippen LogP contribution in [-0.2, 0) is 13.6 Å². The van der Waals surface area contributed by atoms with Crippen molar-refractivity contribution < 1.29 is 13.6 Å². The molecule has 0 spiro atoms. The molecular weight excluding hydrogens is 295 g/mol. The Kier molecular flexibility index (Phi) is 6.83. The lowest BCUT2D eigenvalue weighted by Gasteiger charge is -2.18. The number of nitrogens with one attached hydrogen (secondary N) is 1. The van der Waals surface area contributed by atoms with Crippen LogP contribution in [0.1, 0.15) is 13.8 Å². The van der Waals surface area contributed by atoms with Gasteiger partial charge in [0, 0.05) is 5.69 Å². The van der Waals surface area contributed by atoms with Gasteiger partial charge < -0.3 is 14.4 Å². The van der Waals surface area contributed by atoms with Crippen molar-refractivity contribution in [1.29, 1.82) is 5.26 Å². The molecule has 0 aromatic heterocycles. The maximum Gasteiger partial charge on any atom is 0.374 e. The van der Waals surface area contributed by atoms with Gasteiger partial charge in [-0.3, -0.25) is 4.57 Å². The maximum absolute atomic E-state index is 12.6. The Morgan fingerprint density at radius 1 is 1.30 bits per heavy atom. The Morgan fingerprint density at radius 2 is 1.85 bits per heavy atom. The standard InChI is InChI=1S/C13H17N2O3PS/c1-3-17-19(16,18-4-2)12(10-14)13(20)15-11-8-6-5-7-9-11/h5-9,15,20H,3-4H2,1-2H3/b13-12+. The lowest BCUT2D eigenvalue weighted by molar-refractivity contribution is 0.227. The Labute approximate surface area is 124 Å². The second-order valence-electron chi connectivity index (χ2n) is 3.63. The number of thiol groups is 1. The highest BCUT2D eigenvalue weighted by Crippen LogP contribution is 2.57. The average Bonchev–Trinajstić information content (AvgIpc) is 2.41. The van der Waals surface area contributed by atoms with Gasteiger partial charge in [-0.1, -0.05) is 18.2 Å². The van der Waals surface area contributed by atoms with Crippen molar-refractivity contribution in [1.82, 2.24) is 0 Å². The quantitative estimate of drug-likeness (QED) is 0.452. The molecule has 1 N–H and O–H groups in total. The third-order valence-electron chi connectivity index (χ3n) is 2.24. The van der Waals surface area contributed by atoms with Gasteiger partial charge in [0.15, 0.2) is 5.31 Å². The zero-order chi connectivity index (χ0) is 15.0. The van der Waals surface area contributed by atoms with Crippen LogP contribution in [0.25, 0.3) is 0 Å². The number of anilines is 1. The Morgan fingerprint density at radius 3 is 2.30 bits per heavy atom. The molecule has 0 heterocycles. The fraction of sp³-hybridized carbons (Fsp3) is 0.308. The highest BCUT2D eigenvalue weighted by atomic mass is 32.1. The summed E-state index contributed by atoms with van der Waals surface area (Å²) in [7, 11) is -3.64. The molecule has 0 fully saturated rings. The van der Waals surface area contributed by atoms with Gasteiger partial charge >= 0.3 is 7.60 Å². The topological polar surface area (TPSA) is 71.3 Å². The van der Waals surface area contributed by atoms with Crippen LogP contribution in [0.2, 0.25) is 0 Å². The minimum absolute atomic E-state index is 0.131. The average molecular weight is 312 g/mol. The van der Waals surface area contributed by atoms with Crippen LogP contribution in [-0.4, -0.2) is 13.2 Å². The largest absolute Gasteiger partial charge is 0.374 e. The highest BCUT2D eigenvalue weighted by molar-refractivity contribution is 7.85. The van der Waals surface area contributed by atoms with Gasteiger partial charge in [0.05, 0.1) is 18.2 Å². The number of allylic oxidation sites excluding steroid dienone is 1. The molecule has 0 amide bonds. The smallest absolute Gasteiger partial charge is 0.349 e. The lowest BCUT2D eigenvalue weighted by atomic mass is 10.3. The summed E-state index contributed by atoms with van der Waals surface area (Å²) < 4.78 is 22.9. The van der Waals surface area contributed by atoms with E-state index in [1.807, 2.05) is 24.3 Å². The molecule has 1 aromatic rings. The Bertz CT molecular complexity index is 544. The summed E-state index contributed by atoms with van der Waals surface area (Å²) in [6, 6.07) is 11.0. The molecule has 0 radical (unpaired) electrons. The summed E-state index contributed by atoms with van der Waals surface area (Å²) in [4.78, 5) is 0. The number of hydrogen-bond donors (Lipinski definition) is 2. The van der Waals surface area contributed by atoms with E-state index < -0.39 is 7.60 Å². The lowest BCUT2D eigenvalue weighted by Crippen LogP contribution is -2.03.